The Kier molecular flexibility index (Phi) is 2.64. The molecule has 3 rings (SSSR count). The van der Waals surface area contributed by atoms with Crippen LogP contribution in [0.1, 0.15) is 16.1 Å². The van der Waals surface area contributed by atoms with Gasteiger partial charge < -0.3 is 9.40 Å². The van der Waals surface area contributed by atoms with E-state index in [2.05, 4.69) is 20.3 Å². The predicted octanol–water partition coefficient (Wildman–Crippen LogP) is 1.53. The van der Waals surface area contributed by atoms with Crippen LogP contribution < -0.4 is 10.9 Å². The first-order valence-electron chi connectivity index (χ1n) is 5.34. The molecule has 7 nitrogen and oxygen atoms in total. The minimum absolute atomic E-state index is 0.144. The van der Waals surface area contributed by atoms with Crippen molar-refractivity contribution < 1.29 is 9.21 Å². The minimum atomic E-state index is -0.440. The van der Waals surface area contributed by atoms with Crippen LogP contribution in [-0.2, 0) is 0 Å². The Morgan fingerprint density at radius 2 is 2.32 bits per heavy atom. The molecule has 0 aliphatic carbocycles. The monoisotopic (exact) mass is 276 g/mol. The van der Waals surface area contributed by atoms with Crippen molar-refractivity contribution in [1.82, 2.24) is 15.0 Å². The number of fused-ring (bicyclic) bond motifs is 1. The summed E-state index contributed by atoms with van der Waals surface area (Å²) in [5.74, 6) is -0.0991. The fourth-order valence-corrected chi connectivity index (χ4v) is 2.30. The summed E-state index contributed by atoms with van der Waals surface area (Å²) >= 11 is 1.29. The number of hydrogen-bond donors (Lipinski definition) is 2. The molecule has 0 fully saturated rings. The number of nitrogens with one attached hydrogen (secondary N) is 2. The van der Waals surface area contributed by atoms with Gasteiger partial charge in [-0.25, -0.2) is 9.97 Å². The van der Waals surface area contributed by atoms with Crippen molar-refractivity contribution in [3.8, 4) is 0 Å². The number of H-pyrrole nitrogens is 1. The highest BCUT2D eigenvalue weighted by atomic mass is 32.1. The molecule has 0 bridgehead atoms. The molecule has 0 saturated heterocycles. The maximum Gasteiger partial charge on any atom is 0.262 e. The number of hydrogen-bond acceptors (Lipinski definition) is 6. The second-order valence-corrected chi connectivity index (χ2v) is 4.63. The molecule has 8 heteroatoms. The summed E-state index contributed by atoms with van der Waals surface area (Å²) in [5.41, 5.74) is -0.0868. The van der Waals surface area contributed by atoms with Crippen molar-refractivity contribution in [3.63, 3.8) is 0 Å². The van der Waals surface area contributed by atoms with Crippen molar-refractivity contribution in [2.45, 2.75) is 6.92 Å². The van der Waals surface area contributed by atoms with Crippen LogP contribution in [0, 0.1) is 6.92 Å². The van der Waals surface area contributed by atoms with Gasteiger partial charge in [-0.1, -0.05) is 0 Å². The first kappa shape index (κ1) is 11.6. The van der Waals surface area contributed by atoms with Gasteiger partial charge in [0.1, 0.15) is 11.1 Å². The minimum Gasteiger partial charge on any atom is -0.442 e. The number of furan rings is 1. The number of carbonyl (C=O) groups is 1. The van der Waals surface area contributed by atoms with Gasteiger partial charge in [0.15, 0.2) is 5.13 Å². The van der Waals surface area contributed by atoms with Gasteiger partial charge in [0.25, 0.3) is 11.5 Å². The lowest BCUT2D eigenvalue weighted by molar-refractivity contribution is 0.102. The second-order valence-electron chi connectivity index (χ2n) is 3.74. The SMILES string of the molecule is Cc1oc2nc[nH]c(=O)c2c1C(=O)Nc1nccs1. The third kappa shape index (κ3) is 1.91. The Morgan fingerprint density at radius 1 is 1.47 bits per heavy atom. The number of anilines is 1. The lowest BCUT2D eigenvalue weighted by Gasteiger charge is -1.99. The zero-order valence-electron chi connectivity index (χ0n) is 9.76. The third-order valence-corrected chi connectivity index (χ3v) is 3.24. The van der Waals surface area contributed by atoms with Crippen LogP contribution in [0.4, 0.5) is 5.13 Å². The molecule has 2 N–H and O–H groups in total. The summed E-state index contributed by atoms with van der Waals surface area (Å²) in [6, 6.07) is 0. The standard InChI is InChI=1S/C11H8N4O3S/c1-5-6(9(17)15-11-12-2-3-19-11)7-8(16)13-4-14-10(7)18-5/h2-4H,1H3,(H,12,15,17)(H,13,14,16). The molecule has 0 saturated carbocycles. The zero-order valence-corrected chi connectivity index (χ0v) is 10.6. The molecule has 0 aliphatic rings. The van der Waals surface area contributed by atoms with E-state index in [1.165, 1.54) is 17.7 Å². The highest BCUT2D eigenvalue weighted by Gasteiger charge is 2.22. The fraction of sp³-hybridized carbons (Fsp3) is 0.0909. The Balaban J connectivity index is 2.12. The van der Waals surface area contributed by atoms with Gasteiger partial charge in [-0.15, -0.1) is 11.3 Å². The van der Waals surface area contributed by atoms with Crippen molar-refractivity contribution in [3.05, 3.63) is 39.6 Å². The summed E-state index contributed by atoms with van der Waals surface area (Å²) < 4.78 is 5.31. The molecule has 0 atom stereocenters. The van der Waals surface area contributed by atoms with E-state index in [0.717, 1.165) is 0 Å². The Labute approximate surface area is 110 Å². The van der Waals surface area contributed by atoms with Crippen LogP contribution in [0.2, 0.25) is 0 Å². The van der Waals surface area contributed by atoms with Crippen LogP contribution in [0.15, 0.2) is 27.1 Å². The van der Waals surface area contributed by atoms with E-state index >= 15 is 0 Å². The van der Waals surface area contributed by atoms with Crippen molar-refractivity contribution >= 4 is 33.5 Å². The average Bonchev–Trinajstić information content (AvgIpc) is 2.96. The maximum atomic E-state index is 12.2. The van der Waals surface area contributed by atoms with E-state index in [0.29, 0.717) is 10.9 Å². The van der Waals surface area contributed by atoms with Crippen molar-refractivity contribution in [2.24, 2.45) is 0 Å². The Bertz CT molecular complexity index is 803. The number of aromatic amines is 1. The van der Waals surface area contributed by atoms with E-state index < -0.39 is 11.5 Å². The summed E-state index contributed by atoms with van der Waals surface area (Å²) in [6.45, 7) is 1.61. The molecule has 0 aromatic carbocycles. The summed E-state index contributed by atoms with van der Waals surface area (Å²) in [5, 5.41) is 4.96. The molecule has 0 spiro atoms. The van der Waals surface area contributed by atoms with Gasteiger partial charge in [0.05, 0.1) is 11.9 Å². The molecule has 3 heterocycles. The van der Waals surface area contributed by atoms with Gasteiger partial charge in [-0.3, -0.25) is 14.9 Å². The Hall–Kier alpha value is -2.48. The number of aryl methyl sites for hydroxylation is 1. The first-order valence-corrected chi connectivity index (χ1v) is 6.22. The van der Waals surface area contributed by atoms with E-state index in [1.54, 1.807) is 18.5 Å². The van der Waals surface area contributed by atoms with E-state index in [9.17, 15) is 9.59 Å². The first-order chi connectivity index (χ1) is 9.16. The normalized spacial score (nSPS) is 10.8. The highest BCUT2D eigenvalue weighted by Crippen LogP contribution is 2.22. The number of rotatable bonds is 2. The molecule has 0 radical (unpaired) electrons. The van der Waals surface area contributed by atoms with Crippen LogP contribution in [0.25, 0.3) is 11.1 Å². The summed E-state index contributed by atoms with van der Waals surface area (Å²) in [6.07, 6.45) is 2.81. The van der Waals surface area contributed by atoms with Crippen LogP contribution in [0.5, 0.6) is 0 Å². The number of carbonyl (C=O) groups excluding carboxylic acids is 1. The smallest absolute Gasteiger partial charge is 0.262 e. The van der Waals surface area contributed by atoms with Crippen molar-refractivity contribution in [1.29, 1.82) is 0 Å². The second kappa shape index (κ2) is 4.32. The lowest BCUT2D eigenvalue weighted by Crippen LogP contribution is -2.16. The van der Waals surface area contributed by atoms with E-state index in [4.69, 9.17) is 4.42 Å². The van der Waals surface area contributed by atoms with Gasteiger partial charge >= 0.3 is 0 Å². The van der Waals surface area contributed by atoms with Crippen LogP contribution in [-0.4, -0.2) is 20.9 Å². The number of amides is 1. The molecule has 0 unspecified atom stereocenters. The molecule has 19 heavy (non-hydrogen) atoms. The van der Waals surface area contributed by atoms with E-state index in [1.807, 2.05) is 0 Å². The van der Waals surface area contributed by atoms with Gasteiger partial charge in [-0.05, 0) is 6.92 Å². The maximum absolute atomic E-state index is 12.2. The average molecular weight is 276 g/mol. The largest absolute Gasteiger partial charge is 0.442 e. The molecular weight excluding hydrogens is 268 g/mol. The van der Waals surface area contributed by atoms with Crippen LogP contribution >= 0.6 is 11.3 Å². The number of thiazole rings is 1. The third-order valence-electron chi connectivity index (χ3n) is 2.55. The predicted molar refractivity (Wildman–Crippen MR) is 69.4 cm³/mol. The molecule has 3 aromatic rings. The highest BCUT2D eigenvalue weighted by molar-refractivity contribution is 7.13. The van der Waals surface area contributed by atoms with Gasteiger partial charge in [0, 0.05) is 11.6 Å². The molecule has 1 amide bonds. The van der Waals surface area contributed by atoms with Crippen LogP contribution in [0.3, 0.4) is 0 Å². The van der Waals surface area contributed by atoms with E-state index in [-0.39, 0.29) is 16.7 Å². The molecule has 3 aromatic heterocycles. The topological polar surface area (TPSA) is 101 Å². The summed E-state index contributed by atoms with van der Waals surface area (Å²) in [7, 11) is 0. The zero-order chi connectivity index (χ0) is 13.4. The van der Waals surface area contributed by atoms with Gasteiger partial charge in [0.2, 0.25) is 5.71 Å². The number of aromatic nitrogens is 3. The lowest BCUT2D eigenvalue weighted by atomic mass is 10.2. The van der Waals surface area contributed by atoms with Gasteiger partial charge in [-0.2, -0.15) is 0 Å². The molecule has 0 aliphatic heterocycles. The molecule has 96 valence electrons. The molecular formula is C11H8N4O3S. The number of nitrogens with zero attached hydrogens (tertiary/aromatic N) is 2. The quantitative estimate of drug-likeness (QED) is 0.739. The Morgan fingerprint density at radius 3 is 3.05 bits per heavy atom. The van der Waals surface area contributed by atoms with Crippen molar-refractivity contribution in [2.75, 3.05) is 5.32 Å². The fourth-order valence-electron chi connectivity index (χ4n) is 1.77. The summed E-state index contributed by atoms with van der Waals surface area (Å²) in [4.78, 5) is 34.2.